The highest BCUT2D eigenvalue weighted by molar-refractivity contribution is 7.91. The predicted octanol–water partition coefficient (Wildman–Crippen LogP) is 2.48. The van der Waals surface area contributed by atoms with E-state index >= 15 is 0 Å². The van der Waals surface area contributed by atoms with Crippen LogP contribution in [0.4, 0.5) is 0 Å². The van der Waals surface area contributed by atoms with E-state index in [2.05, 4.69) is 11.1 Å². The van der Waals surface area contributed by atoms with Gasteiger partial charge < -0.3 is 0 Å². The normalized spacial score (nSPS) is 11.7. The first-order valence-electron chi connectivity index (χ1n) is 5.96. The Bertz CT molecular complexity index is 539. The van der Waals surface area contributed by atoms with E-state index in [4.69, 9.17) is 5.26 Å². The summed E-state index contributed by atoms with van der Waals surface area (Å²) in [7, 11) is -3.12. The van der Waals surface area contributed by atoms with E-state index in [-0.39, 0.29) is 5.75 Å². The Morgan fingerprint density at radius 2 is 2.11 bits per heavy atom. The quantitative estimate of drug-likeness (QED) is 0.805. The molecule has 0 aromatic carbocycles. The number of sulfone groups is 1. The highest BCUT2D eigenvalue weighted by atomic mass is 32.2. The zero-order valence-corrected chi connectivity index (χ0v) is 12.6. The van der Waals surface area contributed by atoms with Crippen LogP contribution in [0.2, 0.25) is 0 Å². The van der Waals surface area contributed by atoms with Crippen LogP contribution in [0.5, 0.6) is 0 Å². The molecule has 0 bridgehead atoms. The van der Waals surface area contributed by atoms with Crippen LogP contribution >= 0.6 is 11.3 Å². The summed E-state index contributed by atoms with van der Waals surface area (Å²) in [6, 6.07) is 2.10. The Labute approximate surface area is 113 Å². The van der Waals surface area contributed by atoms with Crippen molar-refractivity contribution in [2.45, 2.75) is 51.0 Å². The molecule has 1 aromatic heterocycles. The second kappa shape index (κ2) is 6.30. The fraction of sp³-hybridized carbons (Fsp3) is 0.667. The van der Waals surface area contributed by atoms with Crippen molar-refractivity contribution in [2.75, 3.05) is 0 Å². The van der Waals surface area contributed by atoms with Crippen molar-refractivity contribution in [3.8, 4) is 6.07 Å². The maximum atomic E-state index is 11.8. The third-order valence-electron chi connectivity index (χ3n) is 2.59. The van der Waals surface area contributed by atoms with E-state index in [1.165, 1.54) is 11.3 Å². The Hall–Kier alpha value is -0.930. The van der Waals surface area contributed by atoms with E-state index in [1.807, 2.05) is 6.92 Å². The Morgan fingerprint density at radius 1 is 1.44 bits per heavy atom. The fourth-order valence-electron chi connectivity index (χ4n) is 1.48. The maximum Gasteiger partial charge on any atom is 0.159 e. The van der Waals surface area contributed by atoms with Gasteiger partial charge in [-0.15, -0.1) is 11.3 Å². The molecule has 0 atom stereocenters. The molecule has 0 amide bonds. The van der Waals surface area contributed by atoms with Crippen molar-refractivity contribution >= 4 is 21.2 Å². The molecule has 1 aromatic rings. The molecule has 1 rings (SSSR count). The zero-order valence-electron chi connectivity index (χ0n) is 10.9. The summed E-state index contributed by atoms with van der Waals surface area (Å²) in [4.78, 5) is 5.28. The molecule has 0 aliphatic carbocycles. The van der Waals surface area contributed by atoms with E-state index in [1.54, 1.807) is 13.8 Å². The third kappa shape index (κ3) is 3.79. The van der Waals surface area contributed by atoms with Gasteiger partial charge >= 0.3 is 0 Å². The molecule has 18 heavy (non-hydrogen) atoms. The number of thiazole rings is 1. The minimum Gasteiger partial charge on any atom is -0.245 e. The number of nitrogens with zero attached hydrogens (tertiary/aromatic N) is 2. The van der Waals surface area contributed by atoms with Crippen LogP contribution in [-0.2, 0) is 28.4 Å². The molecule has 1 heterocycles. The Morgan fingerprint density at radius 3 is 2.61 bits per heavy atom. The summed E-state index contributed by atoms with van der Waals surface area (Å²) >= 11 is 1.36. The zero-order chi connectivity index (χ0) is 13.8. The molecule has 0 saturated heterocycles. The lowest BCUT2D eigenvalue weighted by molar-refractivity contribution is 0.586. The molecule has 0 aliphatic heterocycles. The summed E-state index contributed by atoms with van der Waals surface area (Å²) in [5, 5.41) is 8.97. The number of hydrogen-bond donors (Lipinski definition) is 0. The average molecular weight is 286 g/mol. The number of rotatable bonds is 6. The van der Waals surface area contributed by atoms with Crippen molar-refractivity contribution in [2.24, 2.45) is 0 Å². The summed E-state index contributed by atoms with van der Waals surface area (Å²) in [6.45, 7) is 5.39. The van der Waals surface area contributed by atoms with Gasteiger partial charge in [-0.05, 0) is 20.3 Å². The van der Waals surface area contributed by atoms with Crippen molar-refractivity contribution in [3.05, 3.63) is 15.6 Å². The maximum absolute atomic E-state index is 11.8. The minimum absolute atomic E-state index is 0.0164. The molecule has 0 radical (unpaired) electrons. The molecule has 0 spiro atoms. The molecule has 0 aliphatic rings. The number of hydrogen-bond acceptors (Lipinski definition) is 5. The summed E-state index contributed by atoms with van der Waals surface area (Å²) in [6.07, 6.45) is 2.06. The first-order chi connectivity index (χ1) is 8.40. The molecular formula is C12H18N2O2S2. The number of aryl methyl sites for hydroxylation is 1. The highest BCUT2D eigenvalue weighted by Gasteiger charge is 2.20. The second-order valence-corrected chi connectivity index (χ2v) is 8.14. The van der Waals surface area contributed by atoms with Gasteiger partial charge in [0.05, 0.1) is 23.4 Å². The SMILES string of the molecule is CCCc1nc(CS(=O)(=O)C(C)C)sc1CC#N. The van der Waals surface area contributed by atoms with Crippen LogP contribution in [0.1, 0.15) is 42.8 Å². The first-order valence-corrected chi connectivity index (χ1v) is 8.49. The van der Waals surface area contributed by atoms with Crippen LogP contribution in [0.25, 0.3) is 0 Å². The molecular weight excluding hydrogens is 268 g/mol. The largest absolute Gasteiger partial charge is 0.245 e. The number of nitriles is 1. The summed E-state index contributed by atoms with van der Waals surface area (Å²) < 4.78 is 23.7. The first kappa shape index (κ1) is 15.1. The predicted molar refractivity (Wildman–Crippen MR) is 73.2 cm³/mol. The fourth-order valence-corrected chi connectivity index (χ4v) is 3.79. The van der Waals surface area contributed by atoms with Crippen LogP contribution in [0, 0.1) is 11.3 Å². The average Bonchev–Trinajstić information content (AvgIpc) is 2.61. The smallest absolute Gasteiger partial charge is 0.159 e. The lowest BCUT2D eigenvalue weighted by Crippen LogP contribution is -2.15. The van der Waals surface area contributed by atoms with Crippen molar-refractivity contribution < 1.29 is 8.42 Å². The number of aromatic nitrogens is 1. The van der Waals surface area contributed by atoms with Crippen molar-refractivity contribution in [3.63, 3.8) is 0 Å². The van der Waals surface area contributed by atoms with Gasteiger partial charge in [-0.3, -0.25) is 0 Å². The van der Waals surface area contributed by atoms with Crippen LogP contribution in [0.15, 0.2) is 0 Å². The van der Waals surface area contributed by atoms with Gasteiger partial charge in [0.25, 0.3) is 0 Å². The van der Waals surface area contributed by atoms with Crippen LogP contribution < -0.4 is 0 Å². The van der Waals surface area contributed by atoms with E-state index < -0.39 is 15.1 Å². The van der Waals surface area contributed by atoms with Gasteiger partial charge in [0.15, 0.2) is 9.84 Å². The van der Waals surface area contributed by atoms with Crippen molar-refractivity contribution in [1.29, 1.82) is 5.26 Å². The highest BCUT2D eigenvalue weighted by Crippen LogP contribution is 2.23. The second-order valence-electron chi connectivity index (χ2n) is 4.42. The lowest BCUT2D eigenvalue weighted by atomic mass is 10.2. The standard InChI is InChI=1S/C12H18N2O2S2/c1-4-5-10-11(6-7-13)17-12(14-10)8-18(15,16)9(2)3/h9H,4-6,8H2,1-3H3. The van der Waals surface area contributed by atoms with Crippen LogP contribution in [-0.4, -0.2) is 18.7 Å². The molecule has 0 fully saturated rings. The third-order valence-corrected chi connectivity index (χ3v) is 5.98. The van der Waals surface area contributed by atoms with Gasteiger partial charge in [0, 0.05) is 4.88 Å². The Kier molecular flexibility index (Phi) is 5.29. The molecule has 100 valence electrons. The van der Waals surface area contributed by atoms with Gasteiger partial charge in [0.2, 0.25) is 0 Å². The molecule has 6 heteroatoms. The minimum atomic E-state index is -3.12. The van der Waals surface area contributed by atoms with Crippen molar-refractivity contribution in [1.82, 2.24) is 4.98 Å². The summed E-state index contributed by atoms with van der Waals surface area (Å²) in [5.74, 6) is -0.0164. The monoisotopic (exact) mass is 286 g/mol. The van der Waals surface area contributed by atoms with E-state index in [0.717, 1.165) is 23.4 Å². The van der Waals surface area contributed by atoms with E-state index in [9.17, 15) is 8.42 Å². The topological polar surface area (TPSA) is 70.8 Å². The lowest BCUT2D eigenvalue weighted by Gasteiger charge is -2.04. The Balaban J connectivity index is 2.98. The molecule has 0 unspecified atom stereocenters. The van der Waals surface area contributed by atoms with Gasteiger partial charge in [0.1, 0.15) is 10.8 Å². The van der Waals surface area contributed by atoms with Crippen LogP contribution in [0.3, 0.4) is 0 Å². The van der Waals surface area contributed by atoms with E-state index in [0.29, 0.717) is 11.4 Å². The van der Waals surface area contributed by atoms with Gasteiger partial charge in [-0.2, -0.15) is 5.26 Å². The molecule has 0 N–H and O–H groups in total. The molecule has 4 nitrogen and oxygen atoms in total. The van der Waals surface area contributed by atoms with Gasteiger partial charge in [-0.1, -0.05) is 13.3 Å². The summed E-state index contributed by atoms with van der Waals surface area (Å²) in [5.41, 5.74) is 0.887. The van der Waals surface area contributed by atoms with Gasteiger partial charge in [-0.25, -0.2) is 13.4 Å². The molecule has 0 saturated carbocycles.